The Morgan fingerprint density at radius 3 is 2.48 bits per heavy atom. The number of thioether (sulfide) groups is 1. The molecule has 0 saturated carbocycles. The van der Waals surface area contributed by atoms with Crippen LogP contribution in [-0.4, -0.2) is 33.2 Å². The van der Waals surface area contributed by atoms with Gasteiger partial charge in [0.05, 0.1) is 5.75 Å². The second-order valence-electron chi connectivity index (χ2n) is 5.02. The van der Waals surface area contributed by atoms with E-state index < -0.39 is 6.36 Å². The number of alkyl halides is 3. The van der Waals surface area contributed by atoms with E-state index in [1.165, 1.54) is 12.1 Å². The van der Waals surface area contributed by atoms with Crippen molar-refractivity contribution in [1.29, 1.82) is 0 Å². The molecule has 0 bridgehead atoms. The lowest BCUT2D eigenvalue weighted by Gasteiger charge is -2.09. The van der Waals surface area contributed by atoms with E-state index in [9.17, 15) is 18.0 Å². The summed E-state index contributed by atoms with van der Waals surface area (Å²) in [5.74, 6) is -0.461. The van der Waals surface area contributed by atoms with E-state index in [2.05, 4.69) is 25.2 Å². The van der Waals surface area contributed by atoms with Gasteiger partial charge in [0.25, 0.3) is 5.22 Å². The van der Waals surface area contributed by atoms with Gasteiger partial charge >= 0.3 is 6.36 Å². The maximum absolute atomic E-state index is 12.1. The van der Waals surface area contributed by atoms with Crippen LogP contribution >= 0.6 is 11.8 Å². The fraction of sp³-hybridized carbons (Fsp3) is 0.125. The number of hydrogen-bond donors (Lipinski definition) is 1. The Bertz CT molecular complexity index is 901. The molecule has 0 aliphatic rings. The Labute approximate surface area is 155 Å². The first-order valence-corrected chi connectivity index (χ1v) is 8.40. The van der Waals surface area contributed by atoms with Crippen LogP contribution in [0.25, 0.3) is 11.5 Å². The molecule has 0 unspecified atom stereocenters. The number of nitrogens with zero attached hydrogens (tertiary/aromatic N) is 3. The number of benzene rings is 1. The van der Waals surface area contributed by atoms with Gasteiger partial charge in [0, 0.05) is 23.6 Å². The first kappa shape index (κ1) is 18.7. The van der Waals surface area contributed by atoms with Gasteiger partial charge in [0.15, 0.2) is 0 Å². The van der Waals surface area contributed by atoms with Gasteiger partial charge in [-0.15, -0.1) is 23.4 Å². The summed E-state index contributed by atoms with van der Waals surface area (Å²) in [6, 6.07) is 8.24. The average Bonchev–Trinajstić information content (AvgIpc) is 3.10. The predicted octanol–water partition coefficient (Wildman–Crippen LogP) is 3.76. The van der Waals surface area contributed by atoms with Gasteiger partial charge in [-0.25, -0.2) is 0 Å². The van der Waals surface area contributed by atoms with Gasteiger partial charge in [-0.2, -0.15) is 0 Å². The molecule has 0 fully saturated rings. The first-order chi connectivity index (χ1) is 12.9. The molecule has 3 rings (SSSR count). The van der Waals surface area contributed by atoms with Crippen LogP contribution in [-0.2, 0) is 4.79 Å². The summed E-state index contributed by atoms with van der Waals surface area (Å²) in [5.41, 5.74) is 1.04. The van der Waals surface area contributed by atoms with Crippen molar-refractivity contribution >= 4 is 23.4 Å². The molecule has 27 heavy (non-hydrogen) atoms. The molecule has 7 nitrogen and oxygen atoms in total. The van der Waals surface area contributed by atoms with Crippen LogP contribution in [0.4, 0.5) is 18.9 Å². The fourth-order valence-corrected chi connectivity index (χ4v) is 2.51. The van der Waals surface area contributed by atoms with Gasteiger partial charge in [-0.05, 0) is 36.4 Å². The Morgan fingerprint density at radius 1 is 1.11 bits per heavy atom. The van der Waals surface area contributed by atoms with Crippen LogP contribution in [0.5, 0.6) is 5.75 Å². The molecule has 140 valence electrons. The highest BCUT2D eigenvalue weighted by Gasteiger charge is 2.30. The monoisotopic (exact) mass is 396 g/mol. The summed E-state index contributed by atoms with van der Waals surface area (Å²) >= 11 is 1.03. The summed E-state index contributed by atoms with van der Waals surface area (Å²) in [6.45, 7) is 0. The van der Waals surface area contributed by atoms with E-state index in [-0.39, 0.29) is 22.6 Å². The largest absolute Gasteiger partial charge is 0.573 e. The fourth-order valence-electron chi connectivity index (χ4n) is 1.94. The van der Waals surface area contributed by atoms with Crippen LogP contribution in [0.1, 0.15) is 0 Å². The highest BCUT2D eigenvalue weighted by atomic mass is 32.2. The minimum atomic E-state index is -4.76. The van der Waals surface area contributed by atoms with Crippen molar-refractivity contribution in [3.63, 3.8) is 0 Å². The Hall–Kier alpha value is -3.08. The summed E-state index contributed by atoms with van der Waals surface area (Å²) in [7, 11) is 0. The van der Waals surface area contributed by atoms with Crippen LogP contribution < -0.4 is 10.1 Å². The van der Waals surface area contributed by atoms with E-state index in [1.54, 1.807) is 24.5 Å². The second kappa shape index (κ2) is 8.08. The maximum atomic E-state index is 12.1. The molecule has 1 amide bonds. The molecule has 0 aliphatic carbocycles. The molecule has 11 heteroatoms. The minimum absolute atomic E-state index is 0.0151. The zero-order valence-electron chi connectivity index (χ0n) is 13.4. The van der Waals surface area contributed by atoms with Crippen LogP contribution in [0.15, 0.2) is 58.4 Å². The van der Waals surface area contributed by atoms with Crippen molar-refractivity contribution < 1.29 is 27.1 Å². The third-order valence-corrected chi connectivity index (χ3v) is 3.85. The number of carbonyl (C=O) groups is 1. The molecule has 2 aromatic heterocycles. The molecule has 2 heterocycles. The third kappa shape index (κ3) is 5.71. The first-order valence-electron chi connectivity index (χ1n) is 7.41. The highest BCUT2D eigenvalue weighted by Crippen LogP contribution is 2.25. The maximum Gasteiger partial charge on any atom is 0.573 e. The second-order valence-corrected chi connectivity index (χ2v) is 5.94. The van der Waals surface area contributed by atoms with Crippen molar-refractivity contribution in [1.82, 2.24) is 15.2 Å². The van der Waals surface area contributed by atoms with Crippen molar-refractivity contribution in [2.45, 2.75) is 11.6 Å². The smallest absolute Gasteiger partial charge is 0.411 e. The van der Waals surface area contributed by atoms with Gasteiger partial charge in [0.1, 0.15) is 5.75 Å². The normalized spacial score (nSPS) is 11.2. The zero-order valence-corrected chi connectivity index (χ0v) is 14.3. The standard InChI is InChI=1S/C16H11F3N4O3S/c17-16(18,19)26-12-3-1-11(2-4-12)21-13(24)9-27-15-23-22-14(25-15)10-5-7-20-8-6-10/h1-8H,9H2,(H,21,24). The predicted molar refractivity (Wildman–Crippen MR) is 90.0 cm³/mol. The quantitative estimate of drug-likeness (QED) is 0.635. The number of amides is 1. The van der Waals surface area contributed by atoms with Crippen molar-refractivity contribution in [2.24, 2.45) is 0 Å². The summed E-state index contributed by atoms with van der Waals surface area (Å²) in [5, 5.41) is 10.5. The Kier molecular flexibility index (Phi) is 5.60. The molecule has 0 aliphatic heterocycles. The van der Waals surface area contributed by atoms with Gasteiger partial charge in [0.2, 0.25) is 11.8 Å². The topological polar surface area (TPSA) is 90.1 Å². The third-order valence-electron chi connectivity index (χ3n) is 3.03. The van der Waals surface area contributed by atoms with E-state index in [1.807, 2.05) is 0 Å². The molecule has 1 N–H and O–H groups in total. The van der Waals surface area contributed by atoms with Crippen LogP contribution in [0, 0.1) is 0 Å². The Morgan fingerprint density at radius 2 is 1.81 bits per heavy atom. The lowest BCUT2D eigenvalue weighted by atomic mass is 10.3. The van der Waals surface area contributed by atoms with Crippen molar-refractivity contribution in [3.8, 4) is 17.2 Å². The number of carbonyl (C=O) groups excluding carboxylic acids is 1. The number of pyridine rings is 1. The number of nitrogens with one attached hydrogen (secondary N) is 1. The highest BCUT2D eigenvalue weighted by molar-refractivity contribution is 7.99. The summed E-state index contributed by atoms with van der Waals surface area (Å²) in [4.78, 5) is 15.8. The van der Waals surface area contributed by atoms with Gasteiger partial charge < -0.3 is 14.5 Å². The molecule has 0 saturated heterocycles. The summed E-state index contributed by atoms with van der Waals surface area (Å²) in [6.07, 6.45) is -1.59. The molecule has 0 radical (unpaired) electrons. The van der Waals surface area contributed by atoms with E-state index >= 15 is 0 Å². The lowest BCUT2D eigenvalue weighted by Crippen LogP contribution is -2.17. The molecular weight excluding hydrogens is 385 g/mol. The van der Waals surface area contributed by atoms with Crippen molar-refractivity contribution in [3.05, 3.63) is 48.8 Å². The lowest BCUT2D eigenvalue weighted by molar-refractivity contribution is -0.274. The molecule has 3 aromatic rings. The number of halogens is 3. The SMILES string of the molecule is O=C(CSc1nnc(-c2ccncc2)o1)Nc1ccc(OC(F)(F)F)cc1. The summed E-state index contributed by atoms with van der Waals surface area (Å²) < 4.78 is 45.5. The molecule has 1 aromatic carbocycles. The van der Waals surface area contributed by atoms with Crippen LogP contribution in [0.3, 0.4) is 0 Å². The van der Waals surface area contributed by atoms with E-state index in [0.29, 0.717) is 17.1 Å². The zero-order chi connectivity index (χ0) is 19.3. The van der Waals surface area contributed by atoms with E-state index in [4.69, 9.17) is 4.42 Å². The Balaban J connectivity index is 1.51. The molecular formula is C16H11F3N4O3S. The average molecular weight is 396 g/mol. The number of rotatable bonds is 6. The van der Waals surface area contributed by atoms with Crippen LogP contribution in [0.2, 0.25) is 0 Å². The number of aromatic nitrogens is 3. The minimum Gasteiger partial charge on any atom is -0.411 e. The molecule has 0 spiro atoms. The van der Waals surface area contributed by atoms with Gasteiger partial charge in [-0.1, -0.05) is 11.8 Å². The van der Waals surface area contributed by atoms with Crippen molar-refractivity contribution in [2.75, 3.05) is 11.1 Å². The number of anilines is 1. The van der Waals surface area contributed by atoms with Gasteiger partial charge in [-0.3, -0.25) is 9.78 Å². The number of hydrogen-bond acceptors (Lipinski definition) is 7. The molecule has 0 atom stereocenters. The van der Waals surface area contributed by atoms with E-state index in [0.717, 1.165) is 23.9 Å². The number of ether oxygens (including phenoxy) is 1.